The first kappa shape index (κ1) is 26.9. The zero-order valence-electron chi connectivity index (χ0n) is 21.2. The fraction of sp³-hybridized carbons (Fsp3) is 0.385. The summed E-state index contributed by atoms with van der Waals surface area (Å²) < 4.78 is 45.7. The normalized spacial score (nSPS) is 16.7. The number of hydrogen-bond acceptors (Lipinski definition) is 7. The maximum absolute atomic E-state index is 13.5. The Kier molecular flexibility index (Phi) is 7.02. The molecule has 1 unspecified atom stereocenters. The summed E-state index contributed by atoms with van der Waals surface area (Å²) in [5, 5.41) is 12.3. The van der Waals surface area contributed by atoms with Crippen LogP contribution in [0.1, 0.15) is 25.8 Å². The Morgan fingerprint density at radius 1 is 1.23 bits per heavy atom. The van der Waals surface area contributed by atoms with E-state index in [0.29, 0.717) is 31.0 Å². The van der Waals surface area contributed by atoms with Gasteiger partial charge in [-0.2, -0.15) is 18.2 Å². The molecule has 2 aliphatic rings. The van der Waals surface area contributed by atoms with Gasteiger partial charge in [0.05, 0.1) is 53.6 Å². The van der Waals surface area contributed by atoms with Crippen molar-refractivity contribution in [1.29, 1.82) is 0 Å². The summed E-state index contributed by atoms with van der Waals surface area (Å²) in [5.41, 5.74) is -0.362. The van der Waals surface area contributed by atoms with Gasteiger partial charge in [0.15, 0.2) is 11.6 Å². The number of alkyl halides is 3. The Bertz CT molecular complexity index is 1400. The monoisotopic (exact) mass is 562 g/mol. The minimum atomic E-state index is -4.53. The third-order valence-corrected chi connectivity index (χ3v) is 6.89. The number of aliphatic hydroxyl groups is 1. The summed E-state index contributed by atoms with van der Waals surface area (Å²) >= 11 is 6.51. The molecular formula is C26H26ClF3N6O3. The number of hydrogen-bond donors (Lipinski definition) is 2. The predicted molar refractivity (Wildman–Crippen MR) is 140 cm³/mol. The van der Waals surface area contributed by atoms with Gasteiger partial charge >= 0.3 is 12.2 Å². The smallest absolute Gasteiger partial charge is 0.416 e. The Morgan fingerprint density at radius 3 is 2.77 bits per heavy atom. The maximum atomic E-state index is 13.5. The highest BCUT2D eigenvalue weighted by Gasteiger charge is 2.41. The third kappa shape index (κ3) is 5.57. The van der Waals surface area contributed by atoms with Crippen LogP contribution in [0.4, 0.5) is 35.3 Å². The molecule has 1 atom stereocenters. The van der Waals surface area contributed by atoms with Gasteiger partial charge in [0, 0.05) is 24.1 Å². The van der Waals surface area contributed by atoms with Crippen molar-refractivity contribution in [2.45, 2.75) is 32.5 Å². The van der Waals surface area contributed by atoms with Gasteiger partial charge in [0.25, 0.3) is 0 Å². The fourth-order valence-corrected chi connectivity index (χ4v) is 4.75. The number of carbonyl (C=O) groups excluding carboxylic acids is 1. The molecule has 1 saturated heterocycles. The molecule has 39 heavy (non-hydrogen) atoms. The Morgan fingerprint density at radius 2 is 2.03 bits per heavy atom. The highest BCUT2D eigenvalue weighted by atomic mass is 35.5. The highest BCUT2D eigenvalue weighted by molar-refractivity contribution is 6.33. The van der Waals surface area contributed by atoms with Gasteiger partial charge < -0.3 is 14.7 Å². The second kappa shape index (κ2) is 10.2. The first-order valence-corrected chi connectivity index (χ1v) is 12.6. The number of carbonyl (C=O) groups is 1. The van der Waals surface area contributed by atoms with Crippen molar-refractivity contribution in [3.63, 3.8) is 0 Å². The second-order valence-electron chi connectivity index (χ2n) is 10.3. The molecule has 2 amide bonds. The number of benzene rings is 1. The molecule has 2 aromatic heterocycles. The van der Waals surface area contributed by atoms with Crippen molar-refractivity contribution in [2.75, 3.05) is 41.4 Å². The molecule has 1 aromatic carbocycles. The predicted octanol–water partition coefficient (Wildman–Crippen LogP) is 5.24. The van der Waals surface area contributed by atoms with E-state index < -0.39 is 23.2 Å². The van der Waals surface area contributed by atoms with Crippen molar-refractivity contribution in [1.82, 2.24) is 15.0 Å². The van der Waals surface area contributed by atoms with Gasteiger partial charge in [-0.25, -0.2) is 9.78 Å². The summed E-state index contributed by atoms with van der Waals surface area (Å²) in [4.78, 5) is 30.1. The number of ether oxygens (including phenoxy) is 1. The van der Waals surface area contributed by atoms with E-state index in [9.17, 15) is 23.1 Å². The molecule has 4 heterocycles. The molecule has 13 heteroatoms. The minimum Gasteiger partial charge on any atom is -0.476 e. The number of nitrogens with zero attached hydrogens (tertiary/aromatic N) is 5. The van der Waals surface area contributed by atoms with Crippen LogP contribution in [-0.4, -0.2) is 58.4 Å². The van der Waals surface area contributed by atoms with Crippen LogP contribution in [0.25, 0.3) is 11.3 Å². The first-order valence-electron chi connectivity index (χ1n) is 12.2. The van der Waals surface area contributed by atoms with Crippen LogP contribution in [0.2, 0.25) is 5.02 Å². The number of aromatic nitrogens is 3. The number of anilines is 3. The molecule has 0 spiro atoms. The Labute approximate surface area is 227 Å². The van der Waals surface area contributed by atoms with Gasteiger partial charge in [-0.05, 0) is 24.6 Å². The molecule has 2 aliphatic heterocycles. The number of urea groups is 1. The third-order valence-electron chi connectivity index (χ3n) is 6.60. The van der Waals surface area contributed by atoms with Crippen molar-refractivity contribution < 1.29 is 27.8 Å². The van der Waals surface area contributed by atoms with E-state index in [-0.39, 0.29) is 47.2 Å². The zero-order chi connectivity index (χ0) is 27.9. The number of nitrogens with one attached hydrogen (secondary N) is 1. The molecule has 0 aliphatic carbocycles. The van der Waals surface area contributed by atoms with E-state index in [1.165, 1.54) is 29.4 Å². The lowest BCUT2D eigenvalue weighted by molar-refractivity contribution is -0.137. The number of fused-ring (bicyclic) bond motifs is 4. The summed E-state index contributed by atoms with van der Waals surface area (Å²) in [6.07, 6.45) is -1.08. The lowest BCUT2D eigenvalue weighted by atomic mass is 9.97. The average molecular weight is 563 g/mol. The number of halogens is 4. The van der Waals surface area contributed by atoms with Crippen LogP contribution in [0.15, 0.2) is 42.7 Å². The molecule has 2 N–H and O–H groups in total. The van der Waals surface area contributed by atoms with Crippen LogP contribution >= 0.6 is 11.6 Å². The lowest BCUT2D eigenvalue weighted by Gasteiger charge is -2.36. The van der Waals surface area contributed by atoms with E-state index in [1.807, 2.05) is 13.8 Å². The molecule has 3 aromatic rings. The van der Waals surface area contributed by atoms with Gasteiger partial charge in [-0.1, -0.05) is 37.6 Å². The Hall–Kier alpha value is -3.64. The Balaban J connectivity index is 1.45. The van der Waals surface area contributed by atoms with Gasteiger partial charge in [0.2, 0.25) is 5.88 Å². The van der Waals surface area contributed by atoms with E-state index in [2.05, 4.69) is 25.2 Å². The van der Waals surface area contributed by atoms with Gasteiger partial charge in [-0.3, -0.25) is 15.2 Å². The molecule has 9 nitrogen and oxygen atoms in total. The maximum Gasteiger partial charge on any atom is 0.416 e. The summed E-state index contributed by atoms with van der Waals surface area (Å²) in [6, 6.07) is 5.67. The van der Waals surface area contributed by atoms with Crippen LogP contribution in [0.3, 0.4) is 0 Å². The van der Waals surface area contributed by atoms with Gasteiger partial charge in [-0.15, -0.1) is 0 Å². The summed E-state index contributed by atoms with van der Waals surface area (Å²) in [5.74, 6) is 0.619. The molecule has 1 fully saturated rings. The summed E-state index contributed by atoms with van der Waals surface area (Å²) in [6.45, 7) is 5.01. The lowest BCUT2D eigenvalue weighted by Crippen LogP contribution is -2.48. The van der Waals surface area contributed by atoms with E-state index in [0.717, 1.165) is 12.1 Å². The van der Waals surface area contributed by atoms with E-state index in [4.69, 9.17) is 16.3 Å². The van der Waals surface area contributed by atoms with Crippen LogP contribution in [0.5, 0.6) is 5.88 Å². The van der Waals surface area contributed by atoms with Crippen molar-refractivity contribution in [2.24, 2.45) is 5.41 Å². The molecule has 2 bridgehead atoms. The molecule has 0 radical (unpaired) electrons. The van der Waals surface area contributed by atoms with Crippen LogP contribution < -0.4 is 19.9 Å². The molecule has 206 valence electrons. The topological polar surface area (TPSA) is 104 Å². The van der Waals surface area contributed by atoms with Crippen molar-refractivity contribution in [3.05, 3.63) is 53.3 Å². The number of aliphatic hydroxyl groups excluding tert-OH is 1. The standard InChI is InChI=1S/C26H26ClF3N6O3/c1-25(2,13-37)14-39-21-11-31-10-20(32-21)33-24(38)36-17-6-7-35(12-17)19-9-18(27)22(34-23(19)36)15-4-3-5-16(8-15)26(28,29)30/h3-5,8-11,17,37H,6-7,12-14H2,1-2H3,(H,32,33,38). The zero-order valence-corrected chi connectivity index (χ0v) is 21.9. The fourth-order valence-electron chi connectivity index (χ4n) is 4.49. The van der Waals surface area contributed by atoms with Gasteiger partial charge in [0.1, 0.15) is 0 Å². The SMILES string of the molecule is CC(C)(CO)COc1cncc(NC(=O)N2c3nc(-c4cccc(C(F)(F)F)c4)c(Cl)cc3N3CCC2C3)n1. The average Bonchev–Trinajstić information content (AvgIpc) is 3.32. The quantitative estimate of drug-likeness (QED) is 0.423. The van der Waals surface area contributed by atoms with E-state index >= 15 is 0 Å². The van der Waals surface area contributed by atoms with Crippen molar-refractivity contribution in [3.8, 4) is 17.1 Å². The van der Waals surface area contributed by atoms with Crippen LogP contribution in [-0.2, 0) is 6.18 Å². The molecular weight excluding hydrogens is 537 g/mol. The molecule has 5 rings (SSSR count). The largest absolute Gasteiger partial charge is 0.476 e. The van der Waals surface area contributed by atoms with E-state index in [1.54, 1.807) is 6.07 Å². The first-order chi connectivity index (χ1) is 18.4. The summed E-state index contributed by atoms with van der Waals surface area (Å²) in [7, 11) is 0. The number of rotatable bonds is 6. The van der Waals surface area contributed by atoms with Crippen molar-refractivity contribution >= 4 is 35.0 Å². The second-order valence-corrected chi connectivity index (χ2v) is 10.7. The highest BCUT2D eigenvalue weighted by Crippen LogP contribution is 2.43. The molecule has 0 saturated carbocycles. The minimum absolute atomic E-state index is 0.0802. The number of pyridine rings is 1. The number of amides is 2. The van der Waals surface area contributed by atoms with Crippen LogP contribution in [0, 0.1) is 5.41 Å².